The summed E-state index contributed by atoms with van der Waals surface area (Å²) < 4.78 is 5.36. The van der Waals surface area contributed by atoms with E-state index in [1.54, 1.807) is 31.4 Å². The molecule has 0 aromatic heterocycles. The number of ether oxygens (including phenoxy) is 1. The van der Waals surface area contributed by atoms with Gasteiger partial charge in [-0.1, -0.05) is 6.07 Å². The van der Waals surface area contributed by atoms with E-state index < -0.39 is 0 Å². The number of methoxy groups -OCH3 is 1. The fourth-order valence-electron chi connectivity index (χ4n) is 2.89. The van der Waals surface area contributed by atoms with Crippen molar-refractivity contribution in [1.29, 1.82) is 5.26 Å². The van der Waals surface area contributed by atoms with Crippen molar-refractivity contribution in [3.8, 4) is 11.8 Å². The molecule has 1 fully saturated rings. The van der Waals surface area contributed by atoms with E-state index in [4.69, 9.17) is 10.00 Å². The molecule has 1 N–H and O–H groups in total. The van der Waals surface area contributed by atoms with E-state index in [9.17, 15) is 4.79 Å². The number of nitriles is 1. The quantitative estimate of drug-likeness (QED) is 0.937. The van der Waals surface area contributed by atoms with Crippen LogP contribution in [0.4, 0.5) is 11.4 Å². The number of anilines is 2. The van der Waals surface area contributed by atoms with Gasteiger partial charge in [0.05, 0.1) is 24.4 Å². The third-order valence-corrected chi connectivity index (χ3v) is 4.16. The second-order valence-electron chi connectivity index (χ2n) is 5.73. The average Bonchev–Trinajstić information content (AvgIpc) is 3.16. The maximum absolute atomic E-state index is 12.5. The van der Waals surface area contributed by atoms with E-state index in [2.05, 4.69) is 10.2 Å². The zero-order valence-electron chi connectivity index (χ0n) is 13.6. The standard InChI is InChI=1S/C19H19N3O2/c1-24-18-8-7-16(22-9-2-3-10-22)12-17(18)21-19(23)15-6-4-5-14(11-15)13-20/h4-8,11-12H,2-3,9-10H2,1H3,(H,21,23). The van der Waals surface area contributed by atoms with Gasteiger partial charge in [-0.2, -0.15) is 5.26 Å². The first-order valence-corrected chi connectivity index (χ1v) is 7.96. The van der Waals surface area contributed by atoms with Crippen molar-refractivity contribution in [1.82, 2.24) is 0 Å². The van der Waals surface area contributed by atoms with Gasteiger partial charge in [0.2, 0.25) is 0 Å². The molecule has 1 amide bonds. The number of amides is 1. The first-order valence-electron chi connectivity index (χ1n) is 7.96. The summed E-state index contributed by atoms with van der Waals surface area (Å²) in [6.07, 6.45) is 2.38. The third-order valence-electron chi connectivity index (χ3n) is 4.16. The number of nitrogens with one attached hydrogen (secondary N) is 1. The Hall–Kier alpha value is -3.00. The van der Waals surface area contributed by atoms with E-state index in [1.807, 2.05) is 24.3 Å². The van der Waals surface area contributed by atoms with Gasteiger partial charge in [-0.25, -0.2) is 0 Å². The number of hydrogen-bond donors (Lipinski definition) is 1. The lowest BCUT2D eigenvalue weighted by atomic mass is 10.1. The average molecular weight is 321 g/mol. The molecule has 1 aliphatic heterocycles. The van der Waals surface area contributed by atoms with Crippen molar-refractivity contribution in [3.63, 3.8) is 0 Å². The highest BCUT2D eigenvalue weighted by atomic mass is 16.5. The number of carbonyl (C=O) groups excluding carboxylic acids is 1. The van der Waals surface area contributed by atoms with Gasteiger partial charge in [0.25, 0.3) is 5.91 Å². The van der Waals surface area contributed by atoms with Gasteiger partial charge in [-0.15, -0.1) is 0 Å². The Morgan fingerprint density at radius 1 is 1.21 bits per heavy atom. The number of nitrogens with zero attached hydrogens (tertiary/aromatic N) is 2. The van der Waals surface area contributed by atoms with Crippen molar-refractivity contribution < 1.29 is 9.53 Å². The summed E-state index contributed by atoms with van der Waals surface area (Å²) in [4.78, 5) is 14.8. The molecule has 1 heterocycles. The highest BCUT2D eigenvalue weighted by Gasteiger charge is 2.16. The van der Waals surface area contributed by atoms with Gasteiger partial charge in [-0.05, 0) is 49.2 Å². The molecule has 2 aromatic rings. The molecular formula is C19H19N3O2. The molecule has 5 heteroatoms. The van der Waals surface area contributed by atoms with Crippen LogP contribution in [0.2, 0.25) is 0 Å². The monoisotopic (exact) mass is 321 g/mol. The Kier molecular flexibility index (Phi) is 4.66. The molecule has 5 nitrogen and oxygen atoms in total. The number of hydrogen-bond acceptors (Lipinski definition) is 4. The molecule has 1 saturated heterocycles. The SMILES string of the molecule is COc1ccc(N2CCCC2)cc1NC(=O)c1cccc(C#N)c1. The van der Waals surface area contributed by atoms with E-state index in [0.29, 0.717) is 22.6 Å². The Bertz CT molecular complexity index is 789. The summed E-state index contributed by atoms with van der Waals surface area (Å²) in [7, 11) is 1.58. The summed E-state index contributed by atoms with van der Waals surface area (Å²) >= 11 is 0. The zero-order chi connectivity index (χ0) is 16.9. The van der Waals surface area contributed by atoms with Gasteiger partial charge in [-0.3, -0.25) is 4.79 Å². The van der Waals surface area contributed by atoms with Gasteiger partial charge in [0.15, 0.2) is 0 Å². The molecule has 2 aromatic carbocycles. The van der Waals surface area contributed by atoms with Crippen LogP contribution in [0, 0.1) is 11.3 Å². The molecule has 0 unspecified atom stereocenters. The van der Waals surface area contributed by atoms with Crippen LogP contribution < -0.4 is 15.0 Å². The topological polar surface area (TPSA) is 65.4 Å². The third kappa shape index (κ3) is 3.33. The fourth-order valence-corrected chi connectivity index (χ4v) is 2.89. The molecule has 0 atom stereocenters. The van der Waals surface area contributed by atoms with Crippen LogP contribution in [0.15, 0.2) is 42.5 Å². The summed E-state index contributed by atoms with van der Waals surface area (Å²) in [5.74, 6) is 0.353. The van der Waals surface area contributed by atoms with Crippen LogP contribution >= 0.6 is 0 Å². The van der Waals surface area contributed by atoms with Gasteiger partial charge in [0, 0.05) is 24.3 Å². The minimum atomic E-state index is -0.260. The summed E-state index contributed by atoms with van der Waals surface area (Å²) in [5.41, 5.74) is 2.62. The van der Waals surface area contributed by atoms with Crippen molar-refractivity contribution in [3.05, 3.63) is 53.6 Å². The van der Waals surface area contributed by atoms with E-state index >= 15 is 0 Å². The molecule has 0 bridgehead atoms. The van der Waals surface area contributed by atoms with Gasteiger partial charge < -0.3 is 15.0 Å². The molecule has 24 heavy (non-hydrogen) atoms. The van der Waals surface area contributed by atoms with Crippen LogP contribution in [-0.4, -0.2) is 26.1 Å². The van der Waals surface area contributed by atoms with Crippen LogP contribution in [0.1, 0.15) is 28.8 Å². The summed E-state index contributed by atoms with van der Waals surface area (Å²) in [5, 5.41) is 11.9. The minimum absolute atomic E-state index is 0.260. The zero-order valence-corrected chi connectivity index (χ0v) is 13.6. The summed E-state index contributed by atoms with van der Waals surface area (Å²) in [6, 6.07) is 14.5. The minimum Gasteiger partial charge on any atom is -0.495 e. The second-order valence-corrected chi connectivity index (χ2v) is 5.73. The number of rotatable bonds is 4. The lowest BCUT2D eigenvalue weighted by Gasteiger charge is -2.20. The Balaban J connectivity index is 1.85. The largest absolute Gasteiger partial charge is 0.495 e. The molecule has 0 saturated carbocycles. The highest BCUT2D eigenvalue weighted by Crippen LogP contribution is 2.31. The van der Waals surface area contributed by atoms with Crippen LogP contribution in [0.5, 0.6) is 5.75 Å². The predicted molar refractivity (Wildman–Crippen MR) is 93.6 cm³/mol. The maximum Gasteiger partial charge on any atom is 0.255 e. The van der Waals surface area contributed by atoms with Gasteiger partial charge >= 0.3 is 0 Å². The van der Waals surface area contributed by atoms with Crippen LogP contribution in [0.25, 0.3) is 0 Å². The van der Waals surface area contributed by atoms with Crippen LogP contribution in [-0.2, 0) is 0 Å². The fraction of sp³-hybridized carbons (Fsp3) is 0.263. The number of carbonyl (C=O) groups is 1. The van der Waals surface area contributed by atoms with E-state index in [1.165, 1.54) is 12.8 Å². The maximum atomic E-state index is 12.5. The molecule has 0 radical (unpaired) electrons. The Morgan fingerprint density at radius 2 is 2.00 bits per heavy atom. The molecule has 0 aliphatic carbocycles. The highest BCUT2D eigenvalue weighted by molar-refractivity contribution is 6.05. The van der Waals surface area contributed by atoms with E-state index in [-0.39, 0.29) is 5.91 Å². The van der Waals surface area contributed by atoms with Crippen molar-refractivity contribution in [2.45, 2.75) is 12.8 Å². The van der Waals surface area contributed by atoms with Gasteiger partial charge in [0.1, 0.15) is 5.75 Å². The molecule has 122 valence electrons. The molecular weight excluding hydrogens is 302 g/mol. The number of benzene rings is 2. The Morgan fingerprint density at radius 3 is 2.71 bits per heavy atom. The Labute approximate surface area is 141 Å². The lowest BCUT2D eigenvalue weighted by molar-refractivity contribution is 0.102. The van der Waals surface area contributed by atoms with Crippen LogP contribution in [0.3, 0.4) is 0 Å². The van der Waals surface area contributed by atoms with Crippen molar-refractivity contribution in [2.75, 3.05) is 30.4 Å². The van der Waals surface area contributed by atoms with E-state index in [0.717, 1.165) is 18.8 Å². The predicted octanol–water partition coefficient (Wildman–Crippen LogP) is 3.42. The normalized spacial score (nSPS) is 13.4. The molecule has 0 spiro atoms. The summed E-state index contributed by atoms with van der Waals surface area (Å²) in [6.45, 7) is 2.06. The first kappa shape index (κ1) is 15.9. The molecule has 3 rings (SSSR count). The van der Waals surface area contributed by atoms with Crippen molar-refractivity contribution >= 4 is 17.3 Å². The first-order chi connectivity index (χ1) is 11.7. The smallest absolute Gasteiger partial charge is 0.255 e. The lowest BCUT2D eigenvalue weighted by Crippen LogP contribution is -2.18. The molecule has 1 aliphatic rings. The van der Waals surface area contributed by atoms with Crippen molar-refractivity contribution in [2.24, 2.45) is 0 Å². The second kappa shape index (κ2) is 7.05.